The van der Waals surface area contributed by atoms with Gasteiger partial charge in [0.1, 0.15) is 12.3 Å². The van der Waals surface area contributed by atoms with Gasteiger partial charge in [-0.15, -0.1) is 0 Å². The van der Waals surface area contributed by atoms with E-state index in [4.69, 9.17) is 4.42 Å². The number of fused-ring (bicyclic) bond motifs is 1. The number of hydrogen-bond donors (Lipinski definition) is 2. The normalized spacial score (nSPS) is 13.2. The van der Waals surface area contributed by atoms with Gasteiger partial charge in [0, 0.05) is 24.3 Å². The Morgan fingerprint density at radius 1 is 1.12 bits per heavy atom. The molecule has 0 fully saturated rings. The van der Waals surface area contributed by atoms with Crippen molar-refractivity contribution < 1.29 is 23.5 Å². The van der Waals surface area contributed by atoms with Crippen molar-refractivity contribution in [1.29, 1.82) is 0 Å². The number of ether oxygens (including phenoxy) is 1. The molecule has 8 heteroatoms. The molecular weight excluding hydrogens is 410 g/mol. The molecule has 3 amide bonds. The maximum absolute atomic E-state index is 12.9. The molecule has 8 nitrogen and oxygen atoms in total. The first-order chi connectivity index (χ1) is 15.5. The number of furan rings is 1. The maximum Gasteiger partial charge on any atom is 0.407 e. The summed E-state index contributed by atoms with van der Waals surface area (Å²) in [5, 5.41) is 5.46. The zero-order chi connectivity index (χ0) is 22.5. The number of nitrogens with zero attached hydrogens (tertiary/aromatic N) is 1. The highest BCUT2D eigenvalue weighted by Gasteiger charge is 2.27. The number of alkyl carbamates (subject to hydrolysis) is 1. The third-order valence-corrected chi connectivity index (χ3v) is 5.33. The Labute approximate surface area is 185 Å². The van der Waals surface area contributed by atoms with Crippen LogP contribution in [0.5, 0.6) is 0 Å². The van der Waals surface area contributed by atoms with E-state index in [0.29, 0.717) is 30.6 Å². The highest BCUT2D eigenvalue weighted by atomic mass is 16.5. The van der Waals surface area contributed by atoms with Crippen molar-refractivity contribution in [2.24, 2.45) is 0 Å². The number of amides is 3. The van der Waals surface area contributed by atoms with E-state index in [1.54, 1.807) is 17.0 Å². The second-order valence-corrected chi connectivity index (χ2v) is 7.43. The van der Waals surface area contributed by atoms with Crippen LogP contribution in [0.3, 0.4) is 0 Å². The minimum Gasteiger partial charge on any atom is -0.472 e. The van der Waals surface area contributed by atoms with Crippen LogP contribution in [0.2, 0.25) is 0 Å². The third kappa shape index (κ3) is 4.64. The van der Waals surface area contributed by atoms with Crippen molar-refractivity contribution in [3.05, 3.63) is 83.8 Å². The number of carbonyl (C=O) groups is 3. The van der Waals surface area contributed by atoms with Gasteiger partial charge >= 0.3 is 6.09 Å². The van der Waals surface area contributed by atoms with E-state index in [-0.39, 0.29) is 11.8 Å². The van der Waals surface area contributed by atoms with Gasteiger partial charge in [-0.25, -0.2) is 4.79 Å². The SMILES string of the molecule is COC(=O)NC(Cc1ccccc1)C(=O)Nc1ccc2c(c1)CCN2C(=O)c1ccoc1. The monoisotopic (exact) mass is 433 g/mol. The van der Waals surface area contributed by atoms with Gasteiger partial charge in [0.05, 0.1) is 18.9 Å². The fourth-order valence-electron chi connectivity index (χ4n) is 3.72. The van der Waals surface area contributed by atoms with Gasteiger partial charge in [0.25, 0.3) is 5.91 Å². The van der Waals surface area contributed by atoms with Gasteiger partial charge in [-0.3, -0.25) is 9.59 Å². The summed E-state index contributed by atoms with van der Waals surface area (Å²) in [6, 6.07) is 15.7. The van der Waals surface area contributed by atoms with E-state index >= 15 is 0 Å². The lowest BCUT2D eigenvalue weighted by Crippen LogP contribution is -2.45. The van der Waals surface area contributed by atoms with Gasteiger partial charge in [0.2, 0.25) is 5.91 Å². The number of anilines is 2. The van der Waals surface area contributed by atoms with Crippen LogP contribution in [0.25, 0.3) is 0 Å². The molecule has 2 N–H and O–H groups in total. The van der Waals surface area contributed by atoms with E-state index in [1.165, 1.54) is 19.6 Å². The molecule has 4 rings (SSSR count). The van der Waals surface area contributed by atoms with Gasteiger partial charge < -0.3 is 24.7 Å². The molecule has 164 valence electrons. The minimum atomic E-state index is -0.808. The highest BCUT2D eigenvalue weighted by Crippen LogP contribution is 2.31. The summed E-state index contributed by atoms with van der Waals surface area (Å²) < 4.78 is 9.68. The van der Waals surface area contributed by atoms with Crippen LogP contribution in [-0.4, -0.2) is 37.6 Å². The molecule has 1 unspecified atom stereocenters. The lowest BCUT2D eigenvalue weighted by Gasteiger charge is -2.19. The molecule has 1 aliphatic heterocycles. The fourth-order valence-corrected chi connectivity index (χ4v) is 3.72. The summed E-state index contributed by atoms with van der Waals surface area (Å²) in [5.74, 6) is -0.483. The zero-order valence-electron chi connectivity index (χ0n) is 17.5. The molecule has 2 heterocycles. The smallest absolute Gasteiger partial charge is 0.407 e. The minimum absolute atomic E-state index is 0.125. The predicted molar refractivity (Wildman–Crippen MR) is 119 cm³/mol. The van der Waals surface area contributed by atoms with Gasteiger partial charge in [-0.1, -0.05) is 30.3 Å². The molecule has 0 aliphatic carbocycles. The summed E-state index contributed by atoms with van der Waals surface area (Å²) in [6.07, 6.45) is 3.21. The highest BCUT2D eigenvalue weighted by molar-refractivity contribution is 6.07. The molecule has 3 aromatic rings. The van der Waals surface area contributed by atoms with Crippen LogP contribution in [0.15, 0.2) is 71.5 Å². The Balaban J connectivity index is 1.48. The molecule has 1 atom stereocenters. The Morgan fingerprint density at radius 3 is 2.66 bits per heavy atom. The average molecular weight is 433 g/mol. The van der Waals surface area contributed by atoms with Crippen LogP contribution in [-0.2, 0) is 22.4 Å². The topological polar surface area (TPSA) is 101 Å². The lowest BCUT2D eigenvalue weighted by molar-refractivity contribution is -0.118. The quantitative estimate of drug-likeness (QED) is 0.621. The Kier molecular flexibility index (Phi) is 6.21. The lowest BCUT2D eigenvalue weighted by atomic mass is 10.0. The van der Waals surface area contributed by atoms with Crippen LogP contribution >= 0.6 is 0 Å². The molecule has 1 aliphatic rings. The van der Waals surface area contributed by atoms with Crippen LogP contribution in [0.1, 0.15) is 21.5 Å². The molecule has 32 heavy (non-hydrogen) atoms. The summed E-state index contributed by atoms with van der Waals surface area (Å²) in [7, 11) is 1.25. The van der Waals surface area contributed by atoms with Crippen molar-refractivity contribution in [2.75, 3.05) is 23.9 Å². The summed E-state index contributed by atoms with van der Waals surface area (Å²) in [5.41, 5.74) is 3.76. The molecule has 0 saturated carbocycles. The van der Waals surface area contributed by atoms with Gasteiger partial charge in [0.15, 0.2) is 0 Å². The first-order valence-corrected chi connectivity index (χ1v) is 10.2. The number of methoxy groups -OCH3 is 1. The fraction of sp³-hybridized carbons (Fsp3) is 0.208. The molecule has 0 radical (unpaired) electrons. The van der Waals surface area contributed by atoms with E-state index in [9.17, 15) is 14.4 Å². The molecule has 0 saturated heterocycles. The number of rotatable bonds is 6. The zero-order valence-corrected chi connectivity index (χ0v) is 17.5. The second-order valence-electron chi connectivity index (χ2n) is 7.43. The molecule has 2 aromatic carbocycles. The third-order valence-electron chi connectivity index (χ3n) is 5.33. The van der Waals surface area contributed by atoms with Gasteiger partial charge in [-0.2, -0.15) is 0 Å². The van der Waals surface area contributed by atoms with Crippen LogP contribution in [0.4, 0.5) is 16.2 Å². The second kappa shape index (κ2) is 9.38. The average Bonchev–Trinajstić information content (AvgIpc) is 3.49. The summed E-state index contributed by atoms with van der Waals surface area (Å²) in [6.45, 7) is 0.553. The Morgan fingerprint density at radius 2 is 1.94 bits per heavy atom. The summed E-state index contributed by atoms with van der Waals surface area (Å²) in [4.78, 5) is 39.1. The molecule has 0 bridgehead atoms. The summed E-state index contributed by atoms with van der Waals surface area (Å²) >= 11 is 0. The van der Waals surface area contributed by atoms with Crippen molar-refractivity contribution in [3.8, 4) is 0 Å². The van der Waals surface area contributed by atoms with E-state index in [1.807, 2.05) is 42.5 Å². The van der Waals surface area contributed by atoms with E-state index in [2.05, 4.69) is 15.4 Å². The first kappa shape index (κ1) is 21.2. The van der Waals surface area contributed by atoms with Crippen molar-refractivity contribution in [1.82, 2.24) is 5.32 Å². The van der Waals surface area contributed by atoms with E-state index < -0.39 is 12.1 Å². The number of nitrogens with one attached hydrogen (secondary N) is 2. The predicted octanol–water partition coefficient (Wildman–Crippen LogP) is 3.39. The number of carbonyl (C=O) groups excluding carboxylic acids is 3. The molecular formula is C24H23N3O5. The Bertz CT molecular complexity index is 1110. The van der Waals surface area contributed by atoms with Crippen molar-refractivity contribution >= 4 is 29.3 Å². The first-order valence-electron chi connectivity index (χ1n) is 10.2. The van der Waals surface area contributed by atoms with Crippen molar-refractivity contribution in [3.63, 3.8) is 0 Å². The maximum atomic E-state index is 12.9. The van der Waals surface area contributed by atoms with Crippen LogP contribution in [0, 0.1) is 0 Å². The van der Waals surface area contributed by atoms with Gasteiger partial charge in [-0.05, 0) is 41.8 Å². The largest absolute Gasteiger partial charge is 0.472 e. The standard InChI is InChI=1S/C24H23N3O5/c1-31-24(30)26-20(13-16-5-3-2-4-6-16)22(28)25-19-7-8-21-17(14-19)9-11-27(21)23(29)18-10-12-32-15-18/h2-8,10,12,14-15,20H,9,11,13H2,1H3,(H,25,28)(H,26,30). The number of benzene rings is 2. The Hall–Kier alpha value is -4.07. The van der Waals surface area contributed by atoms with Crippen LogP contribution < -0.4 is 15.5 Å². The van der Waals surface area contributed by atoms with E-state index in [0.717, 1.165) is 16.8 Å². The number of hydrogen-bond acceptors (Lipinski definition) is 5. The van der Waals surface area contributed by atoms with Crippen molar-refractivity contribution in [2.45, 2.75) is 18.9 Å². The molecule has 0 spiro atoms. The molecule has 1 aromatic heterocycles.